The lowest BCUT2D eigenvalue weighted by molar-refractivity contribution is -0.119. The van der Waals surface area contributed by atoms with Crippen LogP contribution in [0.5, 0.6) is 11.5 Å². The maximum Gasteiger partial charge on any atom is 0.252 e. The summed E-state index contributed by atoms with van der Waals surface area (Å²) in [5.74, 6) is -0.457. The van der Waals surface area contributed by atoms with Gasteiger partial charge in [-0.3, -0.25) is 9.59 Å². The minimum absolute atomic E-state index is 0.227. The topological polar surface area (TPSA) is 90.6 Å². The van der Waals surface area contributed by atoms with E-state index >= 15 is 0 Å². The normalized spacial score (nSPS) is 11.5. The minimum atomic E-state index is -0.846. The van der Waals surface area contributed by atoms with Crippen molar-refractivity contribution >= 4 is 23.4 Å². The third-order valence-corrected chi connectivity index (χ3v) is 3.91. The number of carbonyl (C=O) groups is 2. The Hall–Kier alpha value is -2.73. The number of hydrogen-bond donors (Lipinski definition) is 2. The molecule has 0 heterocycles. The summed E-state index contributed by atoms with van der Waals surface area (Å²) >= 11 is 6.11. The predicted molar refractivity (Wildman–Crippen MR) is 95.2 cm³/mol. The predicted octanol–water partition coefficient (Wildman–Crippen LogP) is 2.18. The second-order valence-electron chi connectivity index (χ2n) is 5.31. The first-order valence-corrected chi connectivity index (χ1v) is 7.89. The summed E-state index contributed by atoms with van der Waals surface area (Å²) in [6.45, 7) is 0. The minimum Gasteiger partial charge on any atom is -0.493 e. The van der Waals surface area contributed by atoms with Gasteiger partial charge in [-0.2, -0.15) is 0 Å². The van der Waals surface area contributed by atoms with Crippen LogP contribution >= 0.6 is 11.6 Å². The first-order valence-electron chi connectivity index (χ1n) is 7.52. The van der Waals surface area contributed by atoms with Crippen molar-refractivity contribution in [2.24, 2.45) is 5.73 Å². The number of nitrogens with two attached hydrogens (primary N) is 1. The molecule has 0 aromatic heterocycles. The fourth-order valence-electron chi connectivity index (χ4n) is 2.36. The molecule has 2 aromatic rings. The van der Waals surface area contributed by atoms with E-state index in [1.165, 1.54) is 26.4 Å². The molecule has 0 fully saturated rings. The Morgan fingerprint density at radius 2 is 1.84 bits per heavy atom. The summed E-state index contributed by atoms with van der Waals surface area (Å²) in [5.41, 5.74) is 6.54. The number of methoxy groups -OCH3 is 2. The molecule has 0 saturated heterocycles. The first kappa shape index (κ1) is 18.6. The second-order valence-corrected chi connectivity index (χ2v) is 5.72. The number of carbonyl (C=O) groups excluding carboxylic acids is 2. The molecular weight excluding hydrogens is 344 g/mol. The molecule has 0 aliphatic heterocycles. The SMILES string of the molecule is COc1cc(C(=O)NC(Cc2ccccc2)C(N)=O)cc(Cl)c1OC. The highest BCUT2D eigenvalue weighted by Crippen LogP contribution is 2.35. The molecule has 0 aliphatic carbocycles. The maximum absolute atomic E-state index is 12.5. The number of benzene rings is 2. The van der Waals surface area contributed by atoms with Crippen LogP contribution in [0, 0.1) is 0 Å². The molecule has 7 heteroatoms. The van der Waals surface area contributed by atoms with Crippen molar-refractivity contribution in [3.63, 3.8) is 0 Å². The van der Waals surface area contributed by atoms with Crippen LogP contribution in [-0.2, 0) is 11.2 Å². The Bertz CT molecular complexity index is 765. The summed E-state index contributed by atoms with van der Waals surface area (Å²) in [5, 5.41) is 2.86. The van der Waals surface area contributed by atoms with E-state index in [2.05, 4.69) is 5.32 Å². The first-order chi connectivity index (χ1) is 12.0. The fourth-order valence-corrected chi connectivity index (χ4v) is 2.65. The van der Waals surface area contributed by atoms with Crippen molar-refractivity contribution in [2.45, 2.75) is 12.5 Å². The van der Waals surface area contributed by atoms with Gasteiger partial charge in [-0.05, 0) is 17.7 Å². The molecule has 132 valence electrons. The van der Waals surface area contributed by atoms with Gasteiger partial charge >= 0.3 is 0 Å². The van der Waals surface area contributed by atoms with Crippen LogP contribution in [0.2, 0.25) is 5.02 Å². The van der Waals surface area contributed by atoms with Crippen molar-refractivity contribution in [3.8, 4) is 11.5 Å². The highest BCUT2D eigenvalue weighted by atomic mass is 35.5. The van der Waals surface area contributed by atoms with E-state index in [-0.39, 0.29) is 10.6 Å². The van der Waals surface area contributed by atoms with Crippen molar-refractivity contribution in [3.05, 3.63) is 58.6 Å². The Morgan fingerprint density at radius 1 is 1.16 bits per heavy atom. The van der Waals surface area contributed by atoms with Crippen LogP contribution in [0.25, 0.3) is 0 Å². The Kier molecular flexibility index (Phi) is 6.25. The van der Waals surface area contributed by atoms with Crippen LogP contribution in [0.1, 0.15) is 15.9 Å². The van der Waals surface area contributed by atoms with Gasteiger partial charge in [0.2, 0.25) is 5.91 Å². The highest BCUT2D eigenvalue weighted by Gasteiger charge is 2.21. The van der Waals surface area contributed by atoms with Gasteiger partial charge in [-0.25, -0.2) is 0 Å². The summed E-state index contributed by atoms with van der Waals surface area (Å²) in [6, 6.07) is 11.4. The number of nitrogens with one attached hydrogen (secondary N) is 1. The standard InChI is InChI=1S/C18H19ClN2O4/c1-24-15-10-12(9-13(19)16(15)25-2)18(23)21-14(17(20)22)8-11-6-4-3-5-7-11/h3-7,9-10,14H,8H2,1-2H3,(H2,20,22)(H,21,23). The van der Waals surface area contributed by atoms with E-state index in [1.54, 1.807) is 0 Å². The van der Waals surface area contributed by atoms with E-state index in [9.17, 15) is 9.59 Å². The molecule has 0 radical (unpaired) electrons. The van der Waals surface area contributed by atoms with Gasteiger partial charge in [0.05, 0.1) is 19.2 Å². The lowest BCUT2D eigenvalue weighted by Crippen LogP contribution is -2.45. The van der Waals surface area contributed by atoms with Crippen LogP contribution in [0.15, 0.2) is 42.5 Å². The molecule has 2 amide bonds. The summed E-state index contributed by atoms with van der Waals surface area (Å²) in [6.07, 6.45) is 0.295. The number of halogens is 1. The zero-order valence-electron chi connectivity index (χ0n) is 13.9. The molecule has 2 rings (SSSR count). The van der Waals surface area contributed by atoms with E-state index < -0.39 is 17.9 Å². The van der Waals surface area contributed by atoms with E-state index in [4.69, 9.17) is 26.8 Å². The summed E-state index contributed by atoms with van der Waals surface area (Å²) in [4.78, 5) is 24.2. The van der Waals surface area contributed by atoms with Crippen molar-refractivity contribution < 1.29 is 19.1 Å². The molecular formula is C18H19ClN2O4. The van der Waals surface area contributed by atoms with Gasteiger partial charge in [-0.15, -0.1) is 0 Å². The molecule has 2 aromatic carbocycles. The maximum atomic E-state index is 12.5. The molecule has 25 heavy (non-hydrogen) atoms. The van der Waals surface area contributed by atoms with Crippen molar-refractivity contribution in [2.75, 3.05) is 14.2 Å². The van der Waals surface area contributed by atoms with Crippen molar-refractivity contribution in [1.29, 1.82) is 0 Å². The molecule has 1 atom stereocenters. The number of amides is 2. The smallest absolute Gasteiger partial charge is 0.252 e. The molecule has 0 bridgehead atoms. The highest BCUT2D eigenvalue weighted by molar-refractivity contribution is 6.32. The molecule has 0 saturated carbocycles. The third kappa shape index (κ3) is 4.64. The van der Waals surface area contributed by atoms with Gasteiger partial charge in [0.1, 0.15) is 6.04 Å². The third-order valence-electron chi connectivity index (χ3n) is 3.63. The molecule has 0 aliphatic rings. The quantitative estimate of drug-likeness (QED) is 0.789. The van der Waals surface area contributed by atoms with Gasteiger partial charge in [0.25, 0.3) is 5.91 Å². The second kappa shape index (κ2) is 8.39. The van der Waals surface area contributed by atoms with Crippen LogP contribution in [0.3, 0.4) is 0 Å². The fraction of sp³-hybridized carbons (Fsp3) is 0.222. The zero-order chi connectivity index (χ0) is 18.4. The van der Waals surface area contributed by atoms with Crippen LogP contribution < -0.4 is 20.5 Å². The molecule has 3 N–H and O–H groups in total. The number of rotatable bonds is 7. The average Bonchev–Trinajstić information content (AvgIpc) is 2.61. The Labute approximate surface area is 150 Å². The molecule has 1 unspecified atom stereocenters. The summed E-state index contributed by atoms with van der Waals surface area (Å²) < 4.78 is 10.3. The van der Waals surface area contributed by atoms with Gasteiger partial charge in [0, 0.05) is 12.0 Å². The van der Waals surface area contributed by atoms with E-state index in [0.717, 1.165) is 5.56 Å². The zero-order valence-corrected chi connectivity index (χ0v) is 14.7. The lowest BCUT2D eigenvalue weighted by atomic mass is 10.0. The monoisotopic (exact) mass is 362 g/mol. The number of hydrogen-bond acceptors (Lipinski definition) is 4. The van der Waals surface area contributed by atoms with E-state index in [0.29, 0.717) is 17.9 Å². The molecule has 0 spiro atoms. The van der Waals surface area contributed by atoms with Gasteiger partial charge in [-0.1, -0.05) is 41.9 Å². The van der Waals surface area contributed by atoms with Gasteiger partial charge < -0.3 is 20.5 Å². The summed E-state index contributed by atoms with van der Waals surface area (Å²) in [7, 11) is 2.89. The molecule has 6 nitrogen and oxygen atoms in total. The van der Waals surface area contributed by atoms with Gasteiger partial charge in [0.15, 0.2) is 11.5 Å². The lowest BCUT2D eigenvalue weighted by Gasteiger charge is -2.17. The van der Waals surface area contributed by atoms with Crippen molar-refractivity contribution in [1.82, 2.24) is 5.32 Å². The Balaban J connectivity index is 2.21. The largest absolute Gasteiger partial charge is 0.493 e. The van der Waals surface area contributed by atoms with E-state index in [1.807, 2.05) is 30.3 Å². The average molecular weight is 363 g/mol. The number of ether oxygens (including phenoxy) is 2. The number of primary amides is 1. The Morgan fingerprint density at radius 3 is 2.40 bits per heavy atom. The van der Waals surface area contributed by atoms with Crippen LogP contribution in [-0.4, -0.2) is 32.1 Å². The van der Waals surface area contributed by atoms with Crippen LogP contribution in [0.4, 0.5) is 0 Å².